The molecular formula is C11H21NO3. The minimum atomic E-state index is -0.544. The Balaban J connectivity index is 2.27. The molecule has 15 heavy (non-hydrogen) atoms. The molecule has 0 aromatic rings. The Morgan fingerprint density at radius 3 is 2.27 bits per heavy atom. The first kappa shape index (κ1) is 12.3. The fraction of sp³-hybridized carbons (Fsp3) is 0.909. The van der Waals surface area contributed by atoms with Crippen LogP contribution in [0.4, 0.5) is 4.79 Å². The highest BCUT2D eigenvalue weighted by atomic mass is 16.7. The molecule has 1 fully saturated rings. The van der Waals surface area contributed by atoms with E-state index >= 15 is 0 Å². The lowest BCUT2D eigenvalue weighted by atomic mass is 10.1. The standard InChI is InChI=1S/C11H21NO3/c1-11(2,3)15-10(13)14-9-5-7-12(4)8-6-9/h9H,5-8H2,1-4H3. The molecule has 1 aliphatic rings. The smallest absolute Gasteiger partial charge is 0.431 e. The number of ether oxygens (including phenoxy) is 2. The SMILES string of the molecule is CN1CCC(OC(=O)OC(C)(C)C)CC1. The summed E-state index contributed by atoms with van der Waals surface area (Å²) in [6.45, 7) is 7.47. The van der Waals surface area contributed by atoms with Gasteiger partial charge in [0.25, 0.3) is 0 Å². The van der Waals surface area contributed by atoms with Crippen LogP contribution >= 0.6 is 0 Å². The average molecular weight is 215 g/mol. The third-order valence-electron chi connectivity index (χ3n) is 2.32. The molecule has 1 saturated heterocycles. The largest absolute Gasteiger partial charge is 0.509 e. The Kier molecular flexibility index (Phi) is 3.97. The summed E-state index contributed by atoms with van der Waals surface area (Å²) < 4.78 is 10.3. The molecule has 0 aliphatic carbocycles. The van der Waals surface area contributed by atoms with Crippen LogP contribution in [0.15, 0.2) is 0 Å². The van der Waals surface area contributed by atoms with Crippen molar-refractivity contribution in [2.45, 2.75) is 45.3 Å². The zero-order valence-electron chi connectivity index (χ0n) is 10.1. The van der Waals surface area contributed by atoms with Crippen LogP contribution in [0.5, 0.6) is 0 Å². The molecule has 0 saturated carbocycles. The maximum Gasteiger partial charge on any atom is 0.509 e. The molecule has 0 radical (unpaired) electrons. The van der Waals surface area contributed by atoms with Gasteiger partial charge in [-0.25, -0.2) is 4.79 Å². The lowest BCUT2D eigenvalue weighted by Crippen LogP contribution is -2.36. The van der Waals surface area contributed by atoms with Crippen molar-refractivity contribution >= 4 is 6.16 Å². The van der Waals surface area contributed by atoms with E-state index in [1.807, 2.05) is 20.8 Å². The second kappa shape index (κ2) is 4.84. The molecule has 1 heterocycles. The first-order chi connectivity index (χ1) is 6.87. The molecule has 0 unspecified atom stereocenters. The maximum absolute atomic E-state index is 11.4. The Bertz CT molecular complexity index is 214. The highest BCUT2D eigenvalue weighted by Crippen LogP contribution is 2.15. The average Bonchev–Trinajstić information content (AvgIpc) is 2.05. The van der Waals surface area contributed by atoms with E-state index in [0.29, 0.717) is 0 Å². The van der Waals surface area contributed by atoms with Crippen LogP contribution in [0.2, 0.25) is 0 Å². The van der Waals surface area contributed by atoms with Gasteiger partial charge in [0.15, 0.2) is 0 Å². The first-order valence-electron chi connectivity index (χ1n) is 5.45. The van der Waals surface area contributed by atoms with Gasteiger partial charge in [0.05, 0.1) is 0 Å². The molecule has 88 valence electrons. The topological polar surface area (TPSA) is 38.8 Å². The van der Waals surface area contributed by atoms with Crippen molar-refractivity contribution in [1.82, 2.24) is 4.90 Å². The van der Waals surface area contributed by atoms with Gasteiger partial charge in [-0.15, -0.1) is 0 Å². The van der Waals surface area contributed by atoms with Crippen LogP contribution < -0.4 is 0 Å². The molecule has 0 bridgehead atoms. The summed E-state index contributed by atoms with van der Waals surface area (Å²) in [4.78, 5) is 13.6. The first-order valence-corrected chi connectivity index (χ1v) is 5.45. The molecular weight excluding hydrogens is 194 g/mol. The monoisotopic (exact) mass is 215 g/mol. The Morgan fingerprint density at radius 1 is 1.27 bits per heavy atom. The van der Waals surface area contributed by atoms with Crippen molar-refractivity contribution in [2.24, 2.45) is 0 Å². The number of nitrogens with zero attached hydrogens (tertiary/aromatic N) is 1. The molecule has 0 amide bonds. The van der Waals surface area contributed by atoms with Gasteiger partial charge >= 0.3 is 6.16 Å². The van der Waals surface area contributed by atoms with Crippen LogP contribution in [-0.4, -0.2) is 42.9 Å². The van der Waals surface area contributed by atoms with Crippen molar-refractivity contribution in [3.8, 4) is 0 Å². The second-order valence-electron chi connectivity index (χ2n) is 5.08. The number of likely N-dealkylation sites (tertiary alicyclic amines) is 1. The molecule has 0 N–H and O–H groups in total. The van der Waals surface area contributed by atoms with E-state index in [-0.39, 0.29) is 6.10 Å². The third kappa shape index (κ3) is 5.02. The van der Waals surface area contributed by atoms with Crippen LogP contribution in [-0.2, 0) is 9.47 Å². The van der Waals surface area contributed by atoms with E-state index in [9.17, 15) is 4.79 Å². The molecule has 0 spiro atoms. The van der Waals surface area contributed by atoms with E-state index in [0.717, 1.165) is 25.9 Å². The highest BCUT2D eigenvalue weighted by molar-refractivity contribution is 5.60. The molecule has 0 aromatic carbocycles. The summed E-state index contributed by atoms with van der Waals surface area (Å²) in [5.74, 6) is 0. The fourth-order valence-electron chi connectivity index (χ4n) is 1.51. The maximum atomic E-state index is 11.4. The van der Waals surface area contributed by atoms with Gasteiger partial charge in [-0.1, -0.05) is 0 Å². The number of rotatable bonds is 1. The van der Waals surface area contributed by atoms with Crippen molar-refractivity contribution in [2.75, 3.05) is 20.1 Å². The van der Waals surface area contributed by atoms with E-state index in [1.165, 1.54) is 0 Å². The van der Waals surface area contributed by atoms with Crippen molar-refractivity contribution in [3.05, 3.63) is 0 Å². The minimum absolute atomic E-state index is 0.0241. The van der Waals surface area contributed by atoms with Gasteiger partial charge < -0.3 is 14.4 Å². The predicted molar refractivity (Wildman–Crippen MR) is 57.8 cm³/mol. The number of piperidine rings is 1. The molecule has 0 atom stereocenters. The predicted octanol–water partition coefficient (Wildman–Crippen LogP) is 2.03. The normalized spacial score (nSPS) is 20.0. The number of hydrogen-bond donors (Lipinski definition) is 0. The quantitative estimate of drug-likeness (QED) is 0.627. The van der Waals surface area contributed by atoms with E-state index in [1.54, 1.807) is 0 Å². The van der Waals surface area contributed by atoms with Gasteiger partial charge in [0.1, 0.15) is 11.7 Å². The Morgan fingerprint density at radius 2 is 1.80 bits per heavy atom. The molecule has 0 aromatic heterocycles. The van der Waals surface area contributed by atoms with Crippen LogP contribution in [0.3, 0.4) is 0 Å². The van der Waals surface area contributed by atoms with E-state index in [2.05, 4.69) is 11.9 Å². The third-order valence-corrected chi connectivity index (χ3v) is 2.32. The van der Waals surface area contributed by atoms with Gasteiger partial charge in [0.2, 0.25) is 0 Å². The van der Waals surface area contributed by atoms with Crippen molar-refractivity contribution in [1.29, 1.82) is 0 Å². The van der Waals surface area contributed by atoms with Gasteiger partial charge in [-0.05, 0) is 40.7 Å². The Labute approximate surface area is 91.5 Å². The van der Waals surface area contributed by atoms with Crippen LogP contribution in [0, 0.1) is 0 Å². The summed E-state index contributed by atoms with van der Waals surface area (Å²) in [7, 11) is 2.07. The number of carbonyl (C=O) groups is 1. The summed E-state index contributed by atoms with van der Waals surface area (Å²) in [5, 5.41) is 0. The second-order valence-corrected chi connectivity index (χ2v) is 5.08. The molecule has 4 heteroatoms. The summed E-state index contributed by atoms with van der Waals surface area (Å²) in [5.41, 5.74) is -0.470. The Hall–Kier alpha value is -0.770. The lowest BCUT2D eigenvalue weighted by Gasteiger charge is -2.29. The molecule has 4 nitrogen and oxygen atoms in total. The summed E-state index contributed by atoms with van der Waals surface area (Å²) >= 11 is 0. The van der Waals surface area contributed by atoms with Crippen molar-refractivity contribution in [3.63, 3.8) is 0 Å². The van der Waals surface area contributed by atoms with E-state index < -0.39 is 11.8 Å². The highest BCUT2D eigenvalue weighted by Gasteiger charge is 2.23. The van der Waals surface area contributed by atoms with Crippen molar-refractivity contribution < 1.29 is 14.3 Å². The van der Waals surface area contributed by atoms with Gasteiger partial charge in [0, 0.05) is 13.1 Å². The zero-order valence-corrected chi connectivity index (χ0v) is 10.1. The molecule has 1 rings (SSSR count). The lowest BCUT2D eigenvalue weighted by molar-refractivity contribution is -0.0378. The minimum Gasteiger partial charge on any atom is -0.431 e. The number of carbonyl (C=O) groups excluding carboxylic acids is 1. The summed E-state index contributed by atoms with van der Waals surface area (Å²) in [6, 6.07) is 0. The van der Waals surface area contributed by atoms with E-state index in [4.69, 9.17) is 9.47 Å². The summed E-state index contributed by atoms with van der Waals surface area (Å²) in [6.07, 6.45) is 1.28. The van der Waals surface area contributed by atoms with Crippen LogP contribution in [0.25, 0.3) is 0 Å². The molecule has 1 aliphatic heterocycles. The fourth-order valence-corrected chi connectivity index (χ4v) is 1.51. The van der Waals surface area contributed by atoms with Crippen LogP contribution in [0.1, 0.15) is 33.6 Å². The number of hydrogen-bond acceptors (Lipinski definition) is 4. The zero-order chi connectivity index (χ0) is 11.5. The van der Waals surface area contributed by atoms with Gasteiger partial charge in [-0.2, -0.15) is 0 Å². The van der Waals surface area contributed by atoms with Gasteiger partial charge in [-0.3, -0.25) is 0 Å².